The average molecular weight is 563 g/mol. The third-order valence-corrected chi connectivity index (χ3v) is 7.44. The molecule has 0 spiro atoms. The Hall–Kier alpha value is -5.02. The molecule has 6 rings (SSSR count). The van der Waals surface area contributed by atoms with Crippen LogP contribution in [-0.4, -0.2) is 56.5 Å². The number of aryl methyl sites for hydroxylation is 1. The summed E-state index contributed by atoms with van der Waals surface area (Å²) in [6, 6.07) is 30.4. The zero-order valence-corrected chi connectivity index (χ0v) is 23.0. The van der Waals surface area contributed by atoms with Gasteiger partial charge in [0.05, 0.1) is 22.9 Å². The molecule has 1 fully saturated rings. The molecule has 5 aromatic rings. The minimum absolute atomic E-state index is 0.255. The molecule has 2 heterocycles. The number of hydrogen-bond acceptors (Lipinski definition) is 8. The molecule has 212 valence electrons. The van der Waals surface area contributed by atoms with Gasteiger partial charge < -0.3 is 19.9 Å². The van der Waals surface area contributed by atoms with E-state index in [2.05, 4.69) is 10.3 Å². The molecule has 4 atom stereocenters. The van der Waals surface area contributed by atoms with E-state index in [4.69, 9.17) is 14.6 Å². The molecule has 1 saturated carbocycles. The van der Waals surface area contributed by atoms with Crippen LogP contribution in [0.3, 0.4) is 0 Å². The van der Waals surface area contributed by atoms with Crippen LogP contribution in [0.15, 0.2) is 103 Å². The summed E-state index contributed by atoms with van der Waals surface area (Å²) in [5.41, 5.74) is 3.88. The van der Waals surface area contributed by atoms with Gasteiger partial charge in [-0.3, -0.25) is 0 Å². The third-order valence-electron chi connectivity index (χ3n) is 7.44. The Morgan fingerprint density at radius 1 is 0.857 bits per heavy atom. The van der Waals surface area contributed by atoms with E-state index in [1.165, 1.54) is 0 Å². The van der Waals surface area contributed by atoms with Crippen molar-refractivity contribution in [2.45, 2.75) is 31.6 Å². The normalized spacial score (nSPS) is 19.9. The second-order valence-corrected chi connectivity index (χ2v) is 10.3. The van der Waals surface area contributed by atoms with Crippen molar-refractivity contribution >= 4 is 23.4 Å². The largest absolute Gasteiger partial charge is 0.454 e. The van der Waals surface area contributed by atoms with Gasteiger partial charge in [0.1, 0.15) is 11.9 Å². The van der Waals surface area contributed by atoms with E-state index in [0.717, 1.165) is 17.0 Å². The van der Waals surface area contributed by atoms with Gasteiger partial charge in [-0.25, -0.2) is 14.6 Å². The Balaban J connectivity index is 1.34. The van der Waals surface area contributed by atoms with Gasteiger partial charge in [-0.05, 0) is 37.6 Å². The van der Waals surface area contributed by atoms with Gasteiger partial charge in [-0.1, -0.05) is 66.7 Å². The van der Waals surface area contributed by atoms with Crippen LogP contribution in [0.4, 0.5) is 5.82 Å². The van der Waals surface area contributed by atoms with Gasteiger partial charge in [0.25, 0.3) is 0 Å². The first kappa shape index (κ1) is 27.2. The summed E-state index contributed by atoms with van der Waals surface area (Å²) < 4.78 is 13.7. The second-order valence-electron chi connectivity index (χ2n) is 10.3. The Morgan fingerprint density at radius 2 is 1.43 bits per heavy atom. The molecular weight excluding hydrogens is 532 g/mol. The molecule has 0 radical (unpaired) electrons. The van der Waals surface area contributed by atoms with Crippen LogP contribution in [0.25, 0.3) is 16.9 Å². The number of ether oxygens (including phenoxy) is 2. The smallest absolute Gasteiger partial charge is 0.338 e. The molecule has 0 bridgehead atoms. The molecule has 1 aliphatic rings. The number of nitrogens with zero attached hydrogens (tertiary/aromatic N) is 3. The van der Waals surface area contributed by atoms with E-state index in [1.54, 1.807) is 53.0 Å². The van der Waals surface area contributed by atoms with Crippen LogP contribution in [0.2, 0.25) is 0 Å². The van der Waals surface area contributed by atoms with Crippen molar-refractivity contribution in [1.82, 2.24) is 14.6 Å². The molecule has 3 aromatic carbocycles. The topological polar surface area (TPSA) is 115 Å². The maximum absolute atomic E-state index is 13.2. The molecule has 0 aliphatic heterocycles. The fraction of sp³-hybridized carbons (Fsp3) is 0.212. The van der Waals surface area contributed by atoms with Gasteiger partial charge in [0.15, 0.2) is 11.8 Å². The lowest BCUT2D eigenvalue weighted by molar-refractivity contribution is -0.0424. The summed E-state index contributed by atoms with van der Waals surface area (Å²) in [7, 11) is 0. The summed E-state index contributed by atoms with van der Waals surface area (Å²) in [4.78, 5) is 31.0. The highest BCUT2D eigenvalue weighted by molar-refractivity contribution is 5.90. The van der Waals surface area contributed by atoms with E-state index >= 15 is 0 Å². The van der Waals surface area contributed by atoms with Gasteiger partial charge in [0.2, 0.25) is 0 Å². The lowest BCUT2D eigenvalue weighted by Gasteiger charge is -2.27. The number of hydrogen-bond donors (Lipinski definition) is 2. The zero-order valence-electron chi connectivity index (χ0n) is 23.0. The first-order chi connectivity index (χ1) is 20.5. The van der Waals surface area contributed by atoms with Crippen LogP contribution in [0, 0.1) is 12.8 Å². The fourth-order valence-electron chi connectivity index (χ4n) is 5.40. The number of rotatable bonds is 8. The highest BCUT2D eigenvalue weighted by Gasteiger charge is 2.48. The predicted octanol–water partition coefficient (Wildman–Crippen LogP) is 4.95. The summed E-state index contributed by atoms with van der Waals surface area (Å²) in [5, 5.41) is 18.6. The van der Waals surface area contributed by atoms with Crippen molar-refractivity contribution in [3.05, 3.63) is 120 Å². The standard InChI is InChI=1S/C33H30N4O5/c1-21-17-28(37-29(34-21)19-26(36-37)22-11-5-2-6-12-22)35-27-18-25(20-38)30(41-32(39)23-13-7-3-8-14-23)31(27)42-33(40)24-15-9-4-10-16-24/h2-17,19,25,27,30-31,35,38H,18,20H2,1H3/t25-,27-,30-,31+/m1/s1. The number of carbonyl (C=O) groups is 2. The molecule has 0 amide bonds. The Morgan fingerprint density at radius 3 is 2.02 bits per heavy atom. The molecule has 9 heteroatoms. The highest BCUT2D eigenvalue weighted by atomic mass is 16.6. The lowest BCUT2D eigenvalue weighted by atomic mass is 10.1. The van der Waals surface area contributed by atoms with Crippen molar-refractivity contribution in [2.24, 2.45) is 5.92 Å². The molecular formula is C33H30N4O5. The molecule has 9 nitrogen and oxygen atoms in total. The molecule has 0 unspecified atom stereocenters. The number of benzene rings is 3. The first-order valence-corrected chi connectivity index (χ1v) is 13.8. The van der Waals surface area contributed by atoms with E-state index in [9.17, 15) is 14.7 Å². The first-order valence-electron chi connectivity index (χ1n) is 13.8. The monoisotopic (exact) mass is 562 g/mol. The predicted molar refractivity (Wildman–Crippen MR) is 157 cm³/mol. The quantitative estimate of drug-likeness (QED) is 0.256. The summed E-state index contributed by atoms with van der Waals surface area (Å²) in [6.07, 6.45) is -1.40. The summed E-state index contributed by atoms with van der Waals surface area (Å²) in [5.74, 6) is -0.938. The highest BCUT2D eigenvalue weighted by Crippen LogP contribution is 2.35. The van der Waals surface area contributed by atoms with Crippen molar-refractivity contribution in [2.75, 3.05) is 11.9 Å². The average Bonchev–Trinajstić information content (AvgIpc) is 3.59. The van der Waals surface area contributed by atoms with Crippen LogP contribution in [0.5, 0.6) is 0 Å². The Labute approximate surface area is 242 Å². The van der Waals surface area contributed by atoms with Crippen LogP contribution in [-0.2, 0) is 9.47 Å². The van der Waals surface area contributed by atoms with Crippen molar-refractivity contribution in [3.8, 4) is 11.3 Å². The van der Waals surface area contributed by atoms with Crippen molar-refractivity contribution in [1.29, 1.82) is 0 Å². The second kappa shape index (κ2) is 11.8. The van der Waals surface area contributed by atoms with Crippen LogP contribution >= 0.6 is 0 Å². The maximum atomic E-state index is 13.2. The lowest BCUT2D eigenvalue weighted by Crippen LogP contribution is -2.42. The van der Waals surface area contributed by atoms with E-state index in [1.807, 2.05) is 61.5 Å². The minimum Gasteiger partial charge on any atom is -0.454 e. The molecule has 1 aliphatic carbocycles. The minimum atomic E-state index is -0.893. The molecule has 42 heavy (non-hydrogen) atoms. The maximum Gasteiger partial charge on any atom is 0.338 e. The number of carbonyl (C=O) groups excluding carboxylic acids is 2. The van der Waals surface area contributed by atoms with E-state index in [0.29, 0.717) is 29.0 Å². The number of anilines is 1. The SMILES string of the molecule is Cc1cc(N[C@@H]2C[C@H](CO)[C@@H](OC(=O)c3ccccc3)[C@H]2OC(=O)c2ccccc2)n2nc(-c3ccccc3)cc2n1. The fourth-order valence-corrected chi connectivity index (χ4v) is 5.40. The summed E-state index contributed by atoms with van der Waals surface area (Å²) >= 11 is 0. The van der Waals surface area contributed by atoms with Gasteiger partial charge in [-0.2, -0.15) is 9.61 Å². The number of nitrogens with one attached hydrogen (secondary N) is 1. The number of aromatic nitrogens is 3. The van der Waals surface area contributed by atoms with Crippen molar-refractivity contribution < 1.29 is 24.2 Å². The van der Waals surface area contributed by atoms with Gasteiger partial charge in [-0.15, -0.1) is 0 Å². The summed E-state index contributed by atoms with van der Waals surface area (Å²) in [6.45, 7) is 1.64. The zero-order chi connectivity index (χ0) is 29.1. The molecule has 2 aromatic heterocycles. The number of aliphatic hydroxyl groups is 1. The van der Waals surface area contributed by atoms with Crippen LogP contribution in [0.1, 0.15) is 32.8 Å². The number of esters is 2. The molecule has 2 N–H and O–H groups in total. The third kappa shape index (κ3) is 5.59. The van der Waals surface area contributed by atoms with Gasteiger partial charge >= 0.3 is 11.9 Å². The van der Waals surface area contributed by atoms with E-state index < -0.39 is 36.1 Å². The Kier molecular flexibility index (Phi) is 7.66. The number of aliphatic hydroxyl groups excluding tert-OH is 1. The van der Waals surface area contributed by atoms with Crippen molar-refractivity contribution in [3.63, 3.8) is 0 Å². The number of fused-ring (bicyclic) bond motifs is 1. The van der Waals surface area contributed by atoms with E-state index in [-0.39, 0.29) is 6.61 Å². The van der Waals surface area contributed by atoms with Crippen LogP contribution < -0.4 is 5.32 Å². The Bertz CT molecular complexity index is 1690. The van der Waals surface area contributed by atoms with Gasteiger partial charge in [0, 0.05) is 35.9 Å². The molecule has 0 saturated heterocycles.